The molecule has 0 aromatic rings. The van der Waals surface area contributed by atoms with Gasteiger partial charge in [0.15, 0.2) is 5.78 Å². The van der Waals surface area contributed by atoms with Gasteiger partial charge >= 0.3 is 0 Å². The summed E-state index contributed by atoms with van der Waals surface area (Å²) in [6.07, 6.45) is 18.4. The molecule has 5 heteroatoms. The van der Waals surface area contributed by atoms with E-state index in [-0.39, 0.29) is 34.8 Å². The van der Waals surface area contributed by atoms with Crippen LogP contribution in [0, 0.1) is 17.3 Å². The van der Waals surface area contributed by atoms with Crippen molar-refractivity contribution in [2.24, 2.45) is 17.3 Å². The van der Waals surface area contributed by atoms with Gasteiger partial charge in [0, 0.05) is 32.9 Å². The highest BCUT2D eigenvalue weighted by atomic mass is 16.2. The van der Waals surface area contributed by atoms with Crippen molar-refractivity contribution in [1.29, 1.82) is 0 Å². The van der Waals surface area contributed by atoms with Gasteiger partial charge in [-0.15, -0.1) is 0 Å². The SMILES string of the molecule is CCC(C)/C=C(/NC(=O)CC/C=C\C=C\CCCCCCN(C)C(=O)C(C)CC(C)(C)C)C(C)=O. The van der Waals surface area contributed by atoms with Crippen LogP contribution in [0.3, 0.4) is 0 Å². The van der Waals surface area contributed by atoms with E-state index in [1.54, 1.807) is 0 Å². The van der Waals surface area contributed by atoms with Gasteiger partial charge in [0.2, 0.25) is 11.8 Å². The Bertz CT molecular complexity index is 728. The maximum Gasteiger partial charge on any atom is 0.225 e. The Morgan fingerprint density at radius 3 is 2.11 bits per heavy atom. The fourth-order valence-corrected chi connectivity index (χ4v) is 3.88. The predicted octanol–water partition coefficient (Wildman–Crippen LogP) is 7.00. The van der Waals surface area contributed by atoms with Crippen molar-refractivity contribution in [2.45, 2.75) is 106 Å². The molecule has 0 saturated carbocycles. The molecule has 2 atom stereocenters. The molecule has 0 aliphatic rings. The summed E-state index contributed by atoms with van der Waals surface area (Å²) in [4.78, 5) is 38.1. The molecule has 35 heavy (non-hydrogen) atoms. The van der Waals surface area contributed by atoms with E-state index in [4.69, 9.17) is 0 Å². The number of amides is 2. The third-order valence-electron chi connectivity index (χ3n) is 6.00. The van der Waals surface area contributed by atoms with E-state index in [1.807, 2.05) is 50.1 Å². The van der Waals surface area contributed by atoms with Crippen molar-refractivity contribution in [3.8, 4) is 0 Å². The predicted molar refractivity (Wildman–Crippen MR) is 148 cm³/mol. The van der Waals surface area contributed by atoms with Crippen molar-refractivity contribution in [2.75, 3.05) is 13.6 Å². The highest BCUT2D eigenvalue weighted by Crippen LogP contribution is 2.25. The minimum absolute atomic E-state index is 0.0806. The molecule has 0 fully saturated rings. The van der Waals surface area contributed by atoms with E-state index in [1.165, 1.54) is 6.92 Å². The number of carbonyl (C=O) groups excluding carboxylic acids is 3. The number of hydrogen-bond donors (Lipinski definition) is 1. The van der Waals surface area contributed by atoms with Gasteiger partial charge in [-0.3, -0.25) is 14.4 Å². The van der Waals surface area contributed by atoms with Gasteiger partial charge in [0.1, 0.15) is 0 Å². The lowest BCUT2D eigenvalue weighted by Crippen LogP contribution is -2.34. The van der Waals surface area contributed by atoms with Gasteiger partial charge < -0.3 is 10.2 Å². The summed E-state index contributed by atoms with van der Waals surface area (Å²) in [5.74, 6) is 0.366. The van der Waals surface area contributed by atoms with Gasteiger partial charge in [-0.2, -0.15) is 0 Å². The molecule has 0 aliphatic heterocycles. The van der Waals surface area contributed by atoms with Crippen molar-refractivity contribution in [3.05, 3.63) is 36.1 Å². The van der Waals surface area contributed by atoms with Crippen LogP contribution in [0.25, 0.3) is 0 Å². The first-order valence-corrected chi connectivity index (χ1v) is 13.5. The number of hydrogen-bond acceptors (Lipinski definition) is 3. The maximum absolute atomic E-state index is 12.5. The highest BCUT2D eigenvalue weighted by Gasteiger charge is 2.23. The van der Waals surface area contributed by atoms with Crippen LogP contribution in [-0.2, 0) is 14.4 Å². The topological polar surface area (TPSA) is 66.5 Å². The van der Waals surface area contributed by atoms with Crippen molar-refractivity contribution >= 4 is 17.6 Å². The van der Waals surface area contributed by atoms with Crippen molar-refractivity contribution in [1.82, 2.24) is 10.2 Å². The number of rotatable bonds is 17. The zero-order valence-electron chi connectivity index (χ0n) is 23.8. The summed E-state index contributed by atoms with van der Waals surface area (Å²) in [6, 6.07) is 0. The van der Waals surface area contributed by atoms with Gasteiger partial charge in [-0.1, -0.05) is 91.2 Å². The molecule has 5 nitrogen and oxygen atoms in total. The van der Waals surface area contributed by atoms with Crippen LogP contribution in [0.5, 0.6) is 0 Å². The number of nitrogens with one attached hydrogen (secondary N) is 1. The number of unbranched alkanes of at least 4 members (excludes halogenated alkanes) is 4. The lowest BCUT2D eigenvalue weighted by Gasteiger charge is -2.26. The molecular weight excluding hydrogens is 436 g/mol. The van der Waals surface area contributed by atoms with Gasteiger partial charge in [0.05, 0.1) is 5.70 Å². The average molecular weight is 489 g/mol. The molecule has 0 spiro atoms. The molecule has 0 saturated heterocycles. The summed E-state index contributed by atoms with van der Waals surface area (Å²) >= 11 is 0. The second kappa shape index (κ2) is 18.1. The Hall–Kier alpha value is -2.17. The Labute approximate surface area is 215 Å². The molecule has 0 aromatic heterocycles. The Kier molecular flexibility index (Phi) is 17.0. The summed E-state index contributed by atoms with van der Waals surface area (Å²) < 4.78 is 0. The largest absolute Gasteiger partial charge is 0.346 e. The van der Waals surface area contributed by atoms with Crippen LogP contribution in [0.15, 0.2) is 36.1 Å². The maximum atomic E-state index is 12.5. The summed E-state index contributed by atoms with van der Waals surface area (Å²) in [5.41, 5.74) is 0.583. The third kappa shape index (κ3) is 17.9. The molecule has 0 rings (SSSR count). The van der Waals surface area contributed by atoms with E-state index in [0.29, 0.717) is 18.5 Å². The van der Waals surface area contributed by atoms with Gasteiger partial charge in [0.25, 0.3) is 0 Å². The zero-order valence-corrected chi connectivity index (χ0v) is 23.8. The number of nitrogens with zero attached hydrogens (tertiary/aromatic N) is 1. The van der Waals surface area contributed by atoms with Crippen LogP contribution in [-0.4, -0.2) is 36.1 Å². The number of Topliss-reactive ketones (excluding diaryl/α,β-unsaturated/α-hetero) is 1. The van der Waals surface area contributed by atoms with E-state index >= 15 is 0 Å². The Morgan fingerprint density at radius 2 is 1.54 bits per heavy atom. The lowest BCUT2D eigenvalue weighted by molar-refractivity contribution is -0.134. The van der Waals surface area contributed by atoms with Crippen LogP contribution < -0.4 is 5.32 Å². The average Bonchev–Trinajstić information content (AvgIpc) is 2.77. The van der Waals surface area contributed by atoms with E-state index in [0.717, 1.165) is 51.5 Å². The van der Waals surface area contributed by atoms with E-state index in [9.17, 15) is 14.4 Å². The highest BCUT2D eigenvalue weighted by molar-refractivity contribution is 5.97. The molecule has 2 unspecified atom stereocenters. The van der Waals surface area contributed by atoms with Crippen molar-refractivity contribution < 1.29 is 14.4 Å². The smallest absolute Gasteiger partial charge is 0.225 e. The fourth-order valence-electron chi connectivity index (χ4n) is 3.88. The van der Waals surface area contributed by atoms with Crippen LogP contribution in [0.1, 0.15) is 106 Å². The molecule has 0 radical (unpaired) electrons. The third-order valence-corrected chi connectivity index (χ3v) is 6.00. The summed E-state index contributed by atoms with van der Waals surface area (Å²) in [6.45, 7) is 15.0. The molecule has 0 aliphatic carbocycles. The molecule has 0 aromatic carbocycles. The molecular formula is C30H52N2O3. The Balaban J connectivity index is 3.97. The van der Waals surface area contributed by atoms with Crippen molar-refractivity contribution in [3.63, 3.8) is 0 Å². The molecule has 2 amide bonds. The first-order chi connectivity index (χ1) is 16.4. The van der Waals surface area contributed by atoms with Gasteiger partial charge in [-0.05, 0) is 43.4 Å². The molecule has 200 valence electrons. The van der Waals surface area contributed by atoms with Crippen LogP contribution in [0.4, 0.5) is 0 Å². The minimum atomic E-state index is -0.126. The zero-order chi connectivity index (χ0) is 26.9. The standard InChI is InChI=1S/C30H52N2O3/c1-9-24(2)22-27(26(4)33)31-28(34)20-18-16-14-12-10-11-13-15-17-19-21-32(8)29(35)25(3)23-30(5,6)7/h10,12,14,16,22,24-25H,9,11,13,15,17-21,23H2,1-8H3,(H,31,34)/b12-10+,16-14-,27-22+. The summed E-state index contributed by atoms with van der Waals surface area (Å²) in [5, 5.41) is 2.74. The van der Waals surface area contributed by atoms with E-state index in [2.05, 4.69) is 39.1 Å². The second-order valence-electron chi connectivity index (χ2n) is 11.1. The van der Waals surface area contributed by atoms with Crippen LogP contribution in [0.2, 0.25) is 0 Å². The molecule has 0 bridgehead atoms. The first-order valence-electron chi connectivity index (χ1n) is 13.5. The number of carbonyl (C=O) groups is 3. The van der Waals surface area contributed by atoms with Crippen LogP contribution >= 0.6 is 0 Å². The minimum Gasteiger partial charge on any atom is -0.346 e. The molecule has 1 N–H and O–H groups in total. The van der Waals surface area contributed by atoms with Gasteiger partial charge in [-0.25, -0.2) is 0 Å². The Morgan fingerprint density at radius 1 is 0.943 bits per heavy atom. The first kappa shape index (κ1) is 32.8. The number of ketones is 1. The molecule has 0 heterocycles. The van der Waals surface area contributed by atoms with E-state index < -0.39 is 0 Å². The monoisotopic (exact) mass is 488 g/mol. The summed E-state index contributed by atoms with van der Waals surface area (Å²) in [7, 11) is 1.92. The normalized spacial score (nSPS) is 14.3. The second-order valence-corrected chi connectivity index (χ2v) is 11.1. The lowest BCUT2D eigenvalue weighted by atomic mass is 9.85. The number of allylic oxidation sites excluding steroid dienone is 6. The fraction of sp³-hybridized carbons (Fsp3) is 0.700. The quantitative estimate of drug-likeness (QED) is 0.136.